The monoisotopic (exact) mass is 318 g/mol. The van der Waals surface area contributed by atoms with Crippen LogP contribution in [0.2, 0.25) is 5.02 Å². The van der Waals surface area contributed by atoms with Crippen LogP contribution >= 0.6 is 24.0 Å². The summed E-state index contributed by atoms with van der Waals surface area (Å²) in [4.78, 5) is 3.52. The highest BCUT2D eigenvalue weighted by molar-refractivity contribution is 6.35. The molecule has 0 radical (unpaired) electrons. The van der Waals surface area contributed by atoms with Gasteiger partial charge in [-0.05, 0) is 22.8 Å². The Balaban J connectivity index is 0.00000132. The topological polar surface area (TPSA) is 27.8 Å². The second-order valence-electron chi connectivity index (χ2n) is 5.22. The van der Waals surface area contributed by atoms with Crippen LogP contribution in [-0.4, -0.2) is 11.5 Å². The number of hydrogen-bond donors (Lipinski definition) is 2. The Bertz CT molecular complexity index is 778. The van der Waals surface area contributed by atoms with Crippen LogP contribution < -0.4 is 5.32 Å². The molecule has 2 heterocycles. The van der Waals surface area contributed by atoms with Crippen molar-refractivity contribution in [3.8, 4) is 11.1 Å². The van der Waals surface area contributed by atoms with E-state index in [2.05, 4.69) is 40.6 Å². The van der Waals surface area contributed by atoms with E-state index in [1.807, 2.05) is 12.1 Å². The van der Waals surface area contributed by atoms with Gasteiger partial charge in [-0.1, -0.05) is 48.0 Å². The van der Waals surface area contributed by atoms with Gasteiger partial charge in [0.2, 0.25) is 0 Å². The Labute approximate surface area is 134 Å². The van der Waals surface area contributed by atoms with Gasteiger partial charge in [-0.25, -0.2) is 0 Å². The first-order valence-electron chi connectivity index (χ1n) is 6.92. The predicted octanol–water partition coefficient (Wildman–Crippen LogP) is 4.56. The largest absolute Gasteiger partial charge is 0.357 e. The lowest BCUT2D eigenvalue weighted by atomic mass is 9.97. The van der Waals surface area contributed by atoms with E-state index in [-0.39, 0.29) is 12.4 Å². The average Bonchev–Trinajstić information content (AvgIpc) is 2.89. The summed E-state index contributed by atoms with van der Waals surface area (Å²) >= 11 is 6.38. The summed E-state index contributed by atoms with van der Waals surface area (Å²) in [5.41, 5.74) is 6.26. The van der Waals surface area contributed by atoms with Crippen molar-refractivity contribution in [3.05, 3.63) is 58.7 Å². The summed E-state index contributed by atoms with van der Waals surface area (Å²) in [6.07, 6.45) is 1.04. The van der Waals surface area contributed by atoms with Crippen molar-refractivity contribution >= 4 is 34.9 Å². The van der Waals surface area contributed by atoms with Gasteiger partial charge in [-0.2, -0.15) is 0 Å². The van der Waals surface area contributed by atoms with Crippen LogP contribution in [-0.2, 0) is 13.0 Å². The van der Waals surface area contributed by atoms with Crippen molar-refractivity contribution in [3.63, 3.8) is 0 Å². The molecule has 0 atom stereocenters. The number of benzene rings is 2. The third-order valence-corrected chi connectivity index (χ3v) is 4.35. The van der Waals surface area contributed by atoms with Crippen LogP contribution in [0.25, 0.3) is 22.0 Å². The van der Waals surface area contributed by atoms with Crippen LogP contribution in [0.5, 0.6) is 0 Å². The number of rotatable bonds is 1. The van der Waals surface area contributed by atoms with Crippen molar-refractivity contribution in [2.24, 2.45) is 0 Å². The normalized spacial score (nSPS) is 13.8. The molecule has 1 aliphatic rings. The van der Waals surface area contributed by atoms with E-state index >= 15 is 0 Å². The fourth-order valence-electron chi connectivity index (χ4n) is 3.08. The standard InChI is InChI=1S/C17H15ClN2.ClH/c18-14-7-6-12(11-4-2-1-3-5-11)16-13-10-19-9-8-15(13)20-17(14)16;/h1-7,19-20H,8-10H2;1H. The lowest BCUT2D eigenvalue weighted by Gasteiger charge is -2.14. The number of hydrogen-bond acceptors (Lipinski definition) is 1. The Kier molecular flexibility index (Phi) is 3.94. The van der Waals surface area contributed by atoms with Crippen LogP contribution in [0.3, 0.4) is 0 Å². The molecule has 3 aromatic rings. The molecule has 2 N–H and O–H groups in total. The molecule has 1 aliphatic heterocycles. The number of aromatic amines is 1. The number of halogens is 2. The van der Waals surface area contributed by atoms with Crippen LogP contribution in [0, 0.1) is 0 Å². The van der Waals surface area contributed by atoms with Gasteiger partial charge in [-0.15, -0.1) is 12.4 Å². The molecule has 4 rings (SSSR count). The van der Waals surface area contributed by atoms with Gasteiger partial charge in [0.15, 0.2) is 0 Å². The van der Waals surface area contributed by atoms with Crippen molar-refractivity contribution in [2.45, 2.75) is 13.0 Å². The lowest BCUT2D eigenvalue weighted by molar-refractivity contribution is 0.641. The van der Waals surface area contributed by atoms with Gasteiger partial charge in [-0.3, -0.25) is 0 Å². The summed E-state index contributed by atoms with van der Waals surface area (Å²) < 4.78 is 0. The number of H-pyrrole nitrogens is 1. The van der Waals surface area contributed by atoms with Crippen LogP contribution in [0.15, 0.2) is 42.5 Å². The number of nitrogens with one attached hydrogen (secondary N) is 2. The smallest absolute Gasteiger partial charge is 0.0655 e. The van der Waals surface area contributed by atoms with E-state index in [1.54, 1.807) is 0 Å². The molecule has 0 bridgehead atoms. The molecule has 0 aliphatic carbocycles. The molecule has 0 saturated carbocycles. The van der Waals surface area contributed by atoms with Gasteiger partial charge in [0.05, 0.1) is 10.5 Å². The molecule has 108 valence electrons. The molecule has 2 nitrogen and oxygen atoms in total. The van der Waals surface area contributed by atoms with Gasteiger partial charge in [0, 0.05) is 30.6 Å². The predicted molar refractivity (Wildman–Crippen MR) is 91.4 cm³/mol. The quantitative estimate of drug-likeness (QED) is 0.676. The molecule has 0 saturated heterocycles. The van der Waals surface area contributed by atoms with E-state index in [0.717, 1.165) is 30.0 Å². The minimum Gasteiger partial charge on any atom is -0.357 e. The van der Waals surface area contributed by atoms with Crippen molar-refractivity contribution in [1.29, 1.82) is 0 Å². The van der Waals surface area contributed by atoms with Gasteiger partial charge in [0.1, 0.15) is 0 Å². The Morgan fingerprint density at radius 2 is 1.81 bits per heavy atom. The number of fused-ring (bicyclic) bond motifs is 3. The van der Waals surface area contributed by atoms with Gasteiger partial charge < -0.3 is 10.3 Å². The van der Waals surface area contributed by atoms with E-state index in [0.29, 0.717) is 0 Å². The highest BCUT2D eigenvalue weighted by Gasteiger charge is 2.19. The van der Waals surface area contributed by atoms with E-state index in [1.165, 1.54) is 27.8 Å². The third-order valence-electron chi connectivity index (χ3n) is 4.03. The maximum absolute atomic E-state index is 6.38. The lowest BCUT2D eigenvalue weighted by Crippen LogP contribution is -2.22. The molecule has 0 amide bonds. The first kappa shape index (κ1) is 14.5. The van der Waals surface area contributed by atoms with E-state index < -0.39 is 0 Å². The zero-order valence-electron chi connectivity index (χ0n) is 11.4. The first-order valence-corrected chi connectivity index (χ1v) is 7.30. The molecular formula is C17H16Cl2N2. The second-order valence-corrected chi connectivity index (χ2v) is 5.63. The number of aromatic nitrogens is 1. The van der Waals surface area contributed by atoms with Crippen molar-refractivity contribution < 1.29 is 0 Å². The molecule has 0 fully saturated rings. The maximum atomic E-state index is 6.38. The summed E-state index contributed by atoms with van der Waals surface area (Å²) in [5, 5.41) is 5.52. The molecule has 21 heavy (non-hydrogen) atoms. The average molecular weight is 319 g/mol. The Morgan fingerprint density at radius 3 is 2.62 bits per heavy atom. The molecule has 4 heteroatoms. The summed E-state index contributed by atoms with van der Waals surface area (Å²) in [7, 11) is 0. The van der Waals surface area contributed by atoms with Crippen molar-refractivity contribution in [1.82, 2.24) is 10.3 Å². The summed E-state index contributed by atoms with van der Waals surface area (Å²) in [5.74, 6) is 0. The third kappa shape index (κ3) is 2.34. The molecule has 0 spiro atoms. The highest BCUT2D eigenvalue weighted by atomic mass is 35.5. The molecular weight excluding hydrogens is 303 g/mol. The first-order chi connectivity index (χ1) is 9.84. The van der Waals surface area contributed by atoms with Crippen LogP contribution in [0.1, 0.15) is 11.3 Å². The maximum Gasteiger partial charge on any atom is 0.0655 e. The van der Waals surface area contributed by atoms with Gasteiger partial charge >= 0.3 is 0 Å². The highest BCUT2D eigenvalue weighted by Crippen LogP contribution is 2.37. The second kappa shape index (κ2) is 5.72. The Morgan fingerprint density at radius 1 is 1.00 bits per heavy atom. The van der Waals surface area contributed by atoms with Gasteiger partial charge in [0.25, 0.3) is 0 Å². The zero-order valence-corrected chi connectivity index (χ0v) is 13.0. The fourth-order valence-corrected chi connectivity index (χ4v) is 3.29. The van der Waals surface area contributed by atoms with Crippen molar-refractivity contribution in [2.75, 3.05) is 6.54 Å². The Hall–Kier alpha value is -1.48. The fraction of sp³-hybridized carbons (Fsp3) is 0.176. The molecule has 2 aromatic carbocycles. The summed E-state index contributed by atoms with van der Waals surface area (Å²) in [6, 6.07) is 14.6. The van der Waals surface area contributed by atoms with E-state index in [9.17, 15) is 0 Å². The molecule has 0 unspecified atom stereocenters. The summed E-state index contributed by atoms with van der Waals surface area (Å²) in [6.45, 7) is 1.94. The SMILES string of the molecule is Cl.Clc1ccc(-c2ccccc2)c2c3c([nH]c12)CCNC3. The minimum absolute atomic E-state index is 0. The van der Waals surface area contributed by atoms with Crippen LogP contribution in [0.4, 0.5) is 0 Å². The zero-order chi connectivity index (χ0) is 13.5. The minimum atomic E-state index is 0. The molecule has 1 aromatic heterocycles. The van der Waals surface area contributed by atoms with E-state index in [4.69, 9.17) is 11.6 Å².